The van der Waals surface area contributed by atoms with Gasteiger partial charge in [0.2, 0.25) is 0 Å². The molecule has 1 aliphatic rings. The first-order valence-corrected chi connectivity index (χ1v) is 8.83. The third-order valence-electron chi connectivity index (χ3n) is 4.67. The van der Waals surface area contributed by atoms with Gasteiger partial charge in [0, 0.05) is 30.0 Å². The number of nitrogens with zero attached hydrogens (tertiary/aromatic N) is 2. The smallest absolute Gasteiger partial charge is 0.321 e. The van der Waals surface area contributed by atoms with Crippen LogP contribution in [0, 0.1) is 12.8 Å². The third-order valence-corrected chi connectivity index (χ3v) is 5.10. The second kappa shape index (κ2) is 7.85. The molecule has 25 heavy (non-hydrogen) atoms. The summed E-state index contributed by atoms with van der Waals surface area (Å²) >= 11 is 6.01. The molecule has 1 aromatic heterocycles. The molecule has 0 saturated carbocycles. The Morgan fingerprint density at radius 2 is 2.08 bits per heavy atom. The minimum absolute atomic E-state index is 0.118. The van der Waals surface area contributed by atoms with Gasteiger partial charge in [0.15, 0.2) is 0 Å². The van der Waals surface area contributed by atoms with E-state index in [1.807, 2.05) is 31.2 Å². The van der Waals surface area contributed by atoms with Crippen LogP contribution in [-0.2, 0) is 0 Å². The summed E-state index contributed by atoms with van der Waals surface area (Å²) in [6, 6.07) is 10.9. The number of hydrogen-bond donors (Lipinski definition) is 2. The maximum atomic E-state index is 12.4. The largest absolute Gasteiger partial charge is 0.387 e. The van der Waals surface area contributed by atoms with E-state index in [1.54, 1.807) is 23.2 Å². The molecule has 1 aromatic carbocycles. The summed E-state index contributed by atoms with van der Waals surface area (Å²) in [5.74, 6) is 0.122. The van der Waals surface area contributed by atoms with Crippen LogP contribution in [-0.4, -0.2) is 34.1 Å². The lowest BCUT2D eigenvalue weighted by molar-refractivity contribution is 0.0652. The molecule has 0 aliphatic carbocycles. The highest BCUT2D eigenvalue weighted by Gasteiger charge is 2.28. The minimum Gasteiger partial charge on any atom is -0.387 e. The Morgan fingerprint density at radius 3 is 2.72 bits per heavy atom. The highest BCUT2D eigenvalue weighted by Crippen LogP contribution is 2.30. The Bertz CT molecular complexity index is 731. The van der Waals surface area contributed by atoms with E-state index >= 15 is 0 Å². The summed E-state index contributed by atoms with van der Waals surface area (Å²) in [4.78, 5) is 18.4. The lowest BCUT2D eigenvalue weighted by Gasteiger charge is -2.34. The van der Waals surface area contributed by atoms with E-state index in [-0.39, 0.29) is 11.9 Å². The highest BCUT2D eigenvalue weighted by molar-refractivity contribution is 6.31. The summed E-state index contributed by atoms with van der Waals surface area (Å²) in [7, 11) is 0. The Balaban J connectivity index is 1.54. The summed E-state index contributed by atoms with van der Waals surface area (Å²) in [5, 5.41) is 14.1. The van der Waals surface area contributed by atoms with Crippen LogP contribution in [0.15, 0.2) is 42.6 Å². The van der Waals surface area contributed by atoms with Gasteiger partial charge in [-0.1, -0.05) is 17.7 Å². The fourth-order valence-corrected chi connectivity index (χ4v) is 3.25. The Kier molecular flexibility index (Phi) is 5.56. The van der Waals surface area contributed by atoms with E-state index < -0.39 is 6.10 Å². The number of hydrogen-bond acceptors (Lipinski definition) is 3. The second-order valence-corrected chi connectivity index (χ2v) is 6.83. The summed E-state index contributed by atoms with van der Waals surface area (Å²) < 4.78 is 0. The third kappa shape index (κ3) is 4.30. The number of pyridine rings is 1. The van der Waals surface area contributed by atoms with Crippen molar-refractivity contribution in [3.8, 4) is 0 Å². The number of anilines is 1. The molecular weight excluding hydrogens is 338 g/mol. The molecule has 0 radical (unpaired) electrons. The number of rotatable bonds is 3. The number of carbonyl (C=O) groups excluding carboxylic acids is 1. The zero-order valence-corrected chi connectivity index (χ0v) is 14.9. The highest BCUT2D eigenvalue weighted by atomic mass is 35.5. The lowest BCUT2D eigenvalue weighted by Crippen LogP contribution is -2.42. The number of benzene rings is 1. The molecule has 3 rings (SSSR count). The number of piperidine rings is 1. The van der Waals surface area contributed by atoms with Crippen LogP contribution in [0.2, 0.25) is 5.02 Å². The van der Waals surface area contributed by atoms with Crippen molar-refractivity contribution in [3.63, 3.8) is 0 Å². The van der Waals surface area contributed by atoms with E-state index in [4.69, 9.17) is 11.6 Å². The van der Waals surface area contributed by atoms with Gasteiger partial charge < -0.3 is 15.3 Å². The topological polar surface area (TPSA) is 65.5 Å². The molecule has 2 heterocycles. The lowest BCUT2D eigenvalue weighted by atomic mass is 9.89. The number of likely N-dealkylation sites (tertiary alicyclic amines) is 1. The summed E-state index contributed by atoms with van der Waals surface area (Å²) in [6.07, 6.45) is 2.62. The Hall–Kier alpha value is -2.11. The minimum atomic E-state index is -0.578. The number of halogens is 1. The number of aromatic nitrogens is 1. The Morgan fingerprint density at radius 1 is 1.32 bits per heavy atom. The van der Waals surface area contributed by atoms with Gasteiger partial charge in [0.1, 0.15) is 0 Å². The van der Waals surface area contributed by atoms with Crippen LogP contribution in [0.1, 0.15) is 30.2 Å². The Labute approximate surface area is 152 Å². The number of aliphatic hydroxyl groups excluding tert-OH is 1. The predicted octanol–water partition coefficient (Wildman–Crippen LogP) is 4.02. The molecule has 2 aromatic rings. The van der Waals surface area contributed by atoms with E-state index in [1.165, 1.54) is 0 Å². The van der Waals surface area contributed by atoms with Crippen molar-refractivity contribution in [2.45, 2.75) is 25.9 Å². The van der Waals surface area contributed by atoms with Gasteiger partial charge in [-0.05, 0) is 61.6 Å². The van der Waals surface area contributed by atoms with Crippen molar-refractivity contribution >= 4 is 23.3 Å². The SMILES string of the molecule is Cc1cc(NC(=O)N2CCC(C(O)c3ccccn3)CC2)ccc1Cl. The molecule has 2 N–H and O–H groups in total. The normalized spacial score (nSPS) is 16.5. The van der Waals surface area contributed by atoms with Gasteiger partial charge in [-0.3, -0.25) is 4.98 Å². The van der Waals surface area contributed by atoms with Crippen molar-refractivity contribution in [1.29, 1.82) is 0 Å². The summed E-state index contributed by atoms with van der Waals surface area (Å²) in [5.41, 5.74) is 2.36. The van der Waals surface area contributed by atoms with E-state index in [0.29, 0.717) is 23.8 Å². The number of aryl methyl sites for hydroxylation is 1. The molecule has 1 fully saturated rings. The molecule has 6 heteroatoms. The van der Waals surface area contributed by atoms with Crippen LogP contribution in [0.4, 0.5) is 10.5 Å². The first-order chi connectivity index (χ1) is 12.0. The maximum absolute atomic E-state index is 12.4. The van der Waals surface area contributed by atoms with Crippen molar-refractivity contribution in [2.24, 2.45) is 5.92 Å². The molecule has 1 unspecified atom stereocenters. The zero-order chi connectivity index (χ0) is 17.8. The number of urea groups is 1. The van der Waals surface area contributed by atoms with Gasteiger partial charge in [-0.15, -0.1) is 0 Å². The fraction of sp³-hybridized carbons (Fsp3) is 0.368. The molecule has 132 valence electrons. The van der Waals surface area contributed by atoms with Gasteiger partial charge in [0.05, 0.1) is 11.8 Å². The van der Waals surface area contributed by atoms with Gasteiger partial charge in [-0.25, -0.2) is 4.79 Å². The van der Waals surface area contributed by atoms with E-state index in [9.17, 15) is 9.90 Å². The molecule has 1 atom stereocenters. The van der Waals surface area contributed by atoms with Crippen molar-refractivity contribution in [2.75, 3.05) is 18.4 Å². The number of carbonyl (C=O) groups is 1. The summed E-state index contributed by atoms with van der Waals surface area (Å²) in [6.45, 7) is 3.14. The second-order valence-electron chi connectivity index (χ2n) is 6.42. The van der Waals surface area contributed by atoms with Crippen molar-refractivity contribution in [1.82, 2.24) is 9.88 Å². The molecule has 0 bridgehead atoms. The first kappa shape index (κ1) is 17.7. The van der Waals surface area contributed by atoms with Gasteiger partial charge in [0.25, 0.3) is 0 Å². The number of nitrogens with one attached hydrogen (secondary N) is 1. The van der Waals surface area contributed by atoms with Crippen molar-refractivity contribution in [3.05, 3.63) is 58.9 Å². The van der Waals surface area contributed by atoms with Crippen LogP contribution < -0.4 is 5.32 Å². The monoisotopic (exact) mass is 359 g/mol. The zero-order valence-electron chi connectivity index (χ0n) is 14.2. The van der Waals surface area contributed by atoms with Gasteiger partial charge >= 0.3 is 6.03 Å². The molecule has 2 amide bonds. The van der Waals surface area contributed by atoms with E-state index in [2.05, 4.69) is 10.3 Å². The van der Waals surface area contributed by atoms with E-state index in [0.717, 1.165) is 24.1 Å². The maximum Gasteiger partial charge on any atom is 0.321 e. The standard InChI is InChI=1S/C19H22ClN3O2/c1-13-12-15(5-6-16(13)20)22-19(25)23-10-7-14(8-11-23)18(24)17-4-2-3-9-21-17/h2-6,9,12,14,18,24H,7-8,10-11H2,1H3,(H,22,25). The number of amides is 2. The fourth-order valence-electron chi connectivity index (χ4n) is 3.14. The molecule has 5 nitrogen and oxygen atoms in total. The number of aliphatic hydroxyl groups is 1. The predicted molar refractivity (Wildman–Crippen MR) is 98.7 cm³/mol. The molecule has 0 spiro atoms. The average molecular weight is 360 g/mol. The van der Waals surface area contributed by atoms with Gasteiger partial charge in [-0.2, -0.15) is 0 Å². The van der Waals surface area contributed by atoms with Crippen LogP contribution >= 0.6 is 11.6 Å². The quantitative estimate of drug-likeness (QED) is 0.869. The molecular formula is C19H22ClN3O2. The van der Waals surface area contributed by atoms with Crippen LogP contribution in [0.25, 0.3) is 0 Å². The first-order valence-electron chi connectivity index (χ1n) is 8.45. The molecule has 1 saturated heterocycles. The average Bonchev–Trinajstić information content (AvgIpc) is 2.65. The van der Waals surface area contributed by atoms with Crippen LogP contribution in [0.3, 0.4) is 0 Å². The molecule has 1 aliphatic heterocycles. The van der Waals surface area contributed by atoms with Crippen LogP contribution in [0.5, 0.6) is 0 Å². The van der Waals surface area contributed by atoms with Crippen molar-refractivity contribution < 1.29 is 9.90 Å².